The molecule has 27 heavy (non-hydrogen) atoms. The molecule has 1 aliphatic rings. The van der Waals surface area contributed by atoms with Crippen molar-refractivity contribution in [2.24, 2.45) is 0 Å². The molecule has 1 fully saturated rings. The van der Waals surface area contributed by atoms with Crippen molar-refractivity contribution in [3.05, 3.63) is 65.7 Å². The molecule has 0 aliphatic heterocycles. The quantitative estimate of drug-likeness (QED) is 0.683. The first kappa shape index (κ1) is 19.1. The van der Waals surface area contributed by atoms with Gasteiger partial charge in [0.05, 0.1) is 12.0 Å². The lowest BCUT2D eigenvalue weighted by atomic mass is 10.2. The lowest BCUT2D eigenvalue weighted by Crippen LogP contribution is -2.25. The fourth-order valence-corrected chi connectivity index (χ4v) is 3.75. The van der Waals surface area contributed by atoms with Gasteiger partial charge in [-0.3, -0.25) is 4.79 Å². The summed E-state index contributed by atoms with van der Waals surface area (Å²) in [5.74, 6) is 0.494. The molecule has 0 radical (unpaired) electrons. The van der Waals surface area contributed by atoms with Crippen molar-refractivity contribution >= 4 is 22.0 Å². The summed E-state index contributed by atoms with van der Waals surface area (Å²) in [5.41, 5.74) is 1.69. The fourth-order valence-electron chi connectivity index (χ4n) is 2.44. The maximum atomic E-state index is 12.1. The van der Waals surface area contributed by atoms with Gasteiger partial charge in [-0.25, -0.2) is 13.1 Å². The summed E-state index contributed by atoms with van der Waals surface area (Å²) in [6, 6.07) is 14.0. The predicted octanol–water partition coefficient (Wildman–Crippen LogP) is 2.47. The second kappa shape index (κ2) is 8.37. The van der Waals surface area contributed by atoms with Crippen LogP contribution in [-0.2, 0) is 21.4 Å². The van der Waals surface area contributed by atoms with Crippen LogP contribution >= 0.6 is 0 Å². The first-order valence-electron chi connectivity index (χ1n) is 8.67. The molecule has 142 valence electrons. The van der Waals surface area contributed by atoms with Crippen molar-refractivity contribution in [2.45, 2.75) is 30.3 Å². The monoisotopic (exact) mass is 386 g/mol. The molecule has 0 heterocycles. The molecule has 0 bridgehead atoms. The molecule has 2 N–H and O–H groups in total. The molecule has 0 saturated heterocycles. The summed E-state index contributed by atoms with van der Waals surface area (Å²) in [6.45, 7) is 0.317. The molecule has 3 rings (SSSR count). The molecular weight excluding hydrogens is 364 g/mol. The van der Waals surface area contributed by atoms with Crippen LogP contribution in [0.1, 0.15) is 24.0 Å². The number of hydrogen-bond donors (Lipinski definition) is 2. The van der Waals surface area contributed by atoms with Crippen LogP contribution in [-0.4, -0.2) is 27.5 Å². The Morgan fingerprint density at radius 1 is 1.19 bits per heavy atom. The molecule has 1 saturated carbocycles. The first-order chi connectivity index (χ1) is 13.0. The molecule has 2 aromatic rings. The minimum absolute atomic E-state index is 0.0744. The Bertz CT molecular complexity index is 933. The van der Waals surface area contributed by atoms with Crippen LogP contribution in [0.4, 0.5) is 0 Å². The molecule has 0 aromatic heterocycles. The van der Waals surface area contributed by atoms with Crippen molar-refractivity contribution in [3.8, 4) is 5.75 Å². The molecule has 1 aliphatic carbocycles. The topological polar surface area (TPSA) is 84.5 Å². The zero-order valence-electron chi connectivity index (χ0n) is 15.0. The number of nitrogens with one attached hydrogen (secondary N) is 2. The van der Waals surface area contributed by atoms with Gasteiger partial charge in [0.1, 0.15) is 5.75 Å². The van der Waals surface area contributed by atoms with Crippen molar-refractivity contribution in [3.63, 3.8) is 0 Å². The van der Waals surface area contributed by atoms with Gasteiger partial charge in [-0.2, -0.15) is 0 Å². The highest BCUT2D eigenvalue weighted by molar-refractivity contribution is 7.89. The Labute approximate surface area is 159 Å². The van der Waals surface area contributed by atoms with Gasteiger partial charge >= 0.3 is 0 Å². The molecule has 2 aromatic carbocycles. The predicted molar refractivity (Wildman–Crippen MR) is 104 cm³/mol. The molecule has 0 atom stereocenters. The van der Waals surface area contributed by atoms with Gasteiger partial charge in [0, 0.05) is 18.7 Å². The minimum atomic E-state index is -3.45. The summed E-state index contributed by atoms with van der Waals surface area (Å²) in [7, 11) is -1.86. The second-order valence-corrected chi connectivity index (χ2v) is 8.08. The van der Waals surface area contributed by atoms with E-state index >= 15 is 0 Å². The number of ether oxygens (including phenoxy) is 1. The lowest BCUT2D eigenvalue weighted by molar-refractivity contribution is -0.116. The van der Waals surface area contributed by atoms with Crippen LogP contribution in [0.5, 0.6) is 5.75 Å². The standard InChI is InChI=1S/C20H22N2O4S/c1-26-18-4-2-3-15(13-18)7-12-20(23)21-14-16-5-10-19(11-6-16)27(24,25)22-17-8-9-17/h2-7,10-13,17,22H,8-9,14H2,1H3,(H,21,23). The number of hydrogen-bond acceptors (Lipinski definition) is 4. The number of sulfonamides is 1. The molecule has 6 nitrogen and oxygen atoms in total. The molecule has 7 heteroatoms. The molecule has 1 amide bonds. The number of methoxy groups -OCH3 is 1. The molecular formula is C20H22N2O4S. The van der Waals surface area contributed by atoms with Crippen LogP contribution in [0.2, 0.25) is 0 Å². The Balaban J connectivity index is 1.53. The smallest absolute Gasteiger partial charge is 0.244 e. The van der Waals surface area contributed by atoms with E-state index in [9.17, 15) is 13.2 Å². The highest BCUT2D eigenvalue weighted by Crippen LogP contribution is 2.22. The summed E-state index contributed by atoms with van der Waals surface area (Å²) >= 11 is 0. The highest BCUT2D eigenvalue weighted by Gasteiger charge is 2.27. The zero-order valence-corrected chi connectivity index (χ0v) is 15.8. The number of carbonyl (C=O) groups excluding carboxylic acids is 1. The van der Waals surface area contributed by atoms with E-state index in [1.807, 2.05) is 24.3 Å². The van der Waals surface area contributed by atoms with Crippen molar-refractivity contribution < 1.29 is 17.9 Å². The average molecular weight is 386 g/mol. The highest BCUT2D eigenvalue weighted by atomic mass is 32.2. The van der Waals surface area contributed by atoms with E-state index in [1.54, 1.807) is 37.5 Å². The largest absolute Gasteiger partial charge is 0.497 e. The van der Waals surface area contributed by atoms with Gasteiger partial charge in [0.15, 0.2) is 0 Å². The minimum Gasteiger partial charge on any atom is -0.497 e. The lowest BCUT2D eigenvalue weighted by Gasteiger charge is -2.07. The Kier molecular flexibility index (Phi) is 5.93. The van der Waals surface area contributed by atoms with E-state index < -0.39 is 10.0 Å². The maximum absolute atomic E-state index is 12.1. The van der Waals surface area contributed by atoms with E-state index in [2.05, 4.69) is 10.0 Å². The first-order valence-corrected chi connectivity index (χ1v) is 10.2. The van der Waals surface area contributed by atoms with Crippen LogP contribution in [0, 0.1) is 0 Å². The van der Waals surface area contributed by atoms with E-state index in [4.69, 9.17) is 4.74 Å². The number of benzene rings is 2. The second-order valence-electron chi connectivity index (χ2n) is 6.37. The van der Waals surface area contributed by atoms with Gasteiger partial charge in [-0.15, -0.1) is 0 Å². The van der Waals surface area contributed by atoms with Gasteiger partial charge in [0.2, 0.25) is 15.9 Å². The third kappa shape index (κ3) is 5.67. The fraction of sp³-hybridized carbons (Fsp3) is 0.250. The maximum Gasteiger partial charge on any atom is 0.244 e. The van der Waals surface area contributed by atoms with Crippen molar-refractivity contribution in [1.29, 1.82) is 0 Å². The van der Waals surface area contributed by atoms with Crippen molar-refractivity contribution in [1.82, 2.24) is 10.0 Å². The number of rotatable bonds is 8. The average Bonchev–Trinajstić information content (AvgIpc) is 3.48. The third-order valence-corrected chi connectivity index (χ3v) is 5.66. The Hall–Kier alpha value is -2.64. The SMILES string of the molecule is COc1cccc(C=CC(=O)NCc2ccc(S(=O)(=O)NC3CC3)cc2)c1. The third-order valence-electron chi connectivity index (χ3n) is 4.12. The van der Waals surface area contributed by atoms with Crippen LogP contribution in [0.25, 0.3) is 6.08 Å². The summed E-state index contributed by atoms with van der Waals surface area (Å²) in [4.78, 5) is 12.2. The zero-order chi connectivity index (χ0) is 19.3. The molecule has 0 spiro atoms. The van der Waals surface area contributed by atoms with Crippen LogP contribution in [0.3, 0.4) is 0 Å². The van der Waals surface area contributed by atoms with E-state index in [0.29, 0.717) is 6.54 Å². The van der Waals surface area contributed by atoms with Crippen molar-refractivity contribution in [2.75, 3.05) is 7.11 Å². The Morgan fingerprint density at radius 2 is 1.93 bits per heavy atom. The van der Waals surface area contributed by atoms with Gasteiger partial charge in [0.25, 0.3) is 0 Å². The number of amides is 1. The van der Waals surface area contributed by atoms with Gasteiger partial charge < -0.3 is 10.1 Å². The van der Waals surface area contributed by atoms with Crippen LogP contribution in [0.15, 0.2) is 59.5 Å². The van der Waals surface area contributed by atoms with Gasteiger partial charge in [-0.05, 0) is 54.3 Å². The Morgan fingerprint density at radius 3 is 2.59 bits per heavy atom. The summed E-state index contributed by atoms with van der Waals surface area (Å²) < 4.78 is 32.0. The van der Waals surface area contributed by atoms with E-state index in [1.165, 1.54) is 6.08 Å². The summed E-state index contributed by atoms with van der Waals surface area (Å²) in [5, 5.41) is 2.78. The number of carbonyl (C=O) groups is 1. The van der Waals surface area contributed by atoms with E-state index in [-0.39, 0.29) is 16.8 Å². The summed E-state index contributed by atoms with van der Waals surface area (Å²) in [6.07, 6.45) is 4.95. The molecule has 0 unspecified atom stereocenters. The van der Waals surface area contributed by atoms with E-state index in [0.717, 1.165) is 29.7 Å². The normalized spacial score (nSPS) is 14.3. The van der Waals surface area contributed by atoms with Crippen LogP contribution < -0.4 is 14.8 Å². The van der Waals surface area contributed by atoms with Gasteiger partial charge in [-0.1, -0.05) is 24.3 Å².